The number of hydrogen-bond donors (Lipinski definition) is 0. The zero-order valence-corrected chi connectivity index (χ0v) is 15.2. The van der Waals surface area contributed by atoms with Gasteiger partial charge in [-0.2, -0.15) is 0 Å². The summed E-state index contributed by atoms with van der Waals surface area (Å²) in [5, 5.41) is 0.644. The summed E-state index contributed by atoms with van der Waals surface area (Å²) in [4.78, 5) is 18.2. The van der Waals surface area contributed by atoms with Crippen molar-refractivity contribution in [2.24, 2.45) is 0 Å². The van der Waals surface area contributed by atoms with E-state index in [2.05, 4.69) is 4.98 Å². The molecule has 0 unspecified atom stereocenters. The number of carbonyl (C=O) groups excluding carboxylic acids is 1. The molecule has 0 spiro atoms. The van der Waals surface area contributed by atoms with E-state index in [1.165, 1.54) is 6.07 Å². The number of fused-ring (bicyclic) bond motifs is 1. The smallest absolute Gasteiger partial charge is 0.338 e. The second kappa shape index (κ2) is 7.37. The number of halogens is 2. The fraction of sp³-hybridized carbons (Fsp3) is 0.294. The minimum absolute atomic E-state index is 0.0480. The van der Waals surface area contributed by atoms with Gasteiger partial charge in [0.25, 0.3) is 0 Å². The van der Waals surface area contributed by atoms with E-state index in [0.717, 1.165) is 0 Å². The molecule has 2 aromatic rings. The van der Waals surface area contributed by atoms with Gasteiger partial charge in [-0.3, -0.25) is 0 Å². The number of ether oxygens (including phenoxy) is 3. The zero-order chi connectivity index (χ0) is 18.0. The van der Waals surface area contributed by atoms with Crippen LogP contribution in [-0.2, 0) is 11.3 Å². The maximum absolute atomic E-state index is 12.3. The lowest BCUT2D eigenvalue weighted by Crippen LogP contribution is -2.16. The molecule has 0 bridgehead atoms. The van der Waals surface area contributed by atoms with Gasteiger partial charge in [0.1, 0.15) is 30.8 Å². The van der Waals surface area contributed by atoms with E-state index >= 15 is 0 Å². The van der Waals surface area contributed by atoms with Crippen molar-refractivity contribution in [2.45, 2.75) is 6.61 Å². The fourth-order valence-corrected chi connectivity index (χ4v) is 2.80. The molecule has 132 valence electrons. The summed E-state index contributed by atoms with van der Waals surface area (Å²) in [6.07, 6.45) is 0. The molecule has 0 amide bonds. The highest BCUT2D eigenvalue weighted by molar-refractivity contribution is 6.32. The average molecular weight is 383 g/mol. The number of aromatic nitrogens is 1. The topological polar surface area (TPSA) is 60.9 Å². The number of anilines is 1. The number of pyridine rings is 1. The molecule has 8 heteroatoms. The van der Waals surface area contributed by atoms with Gasteiger partial charge in [-0.25, -0.2) is 9.78 Å². The standard InChI is InChI=1S/C17H16Cl2N2O4/c1-21(2)15-8-11(7-14(19)20-15)17(22)25-9-10-5-12(18)16-13(6-10)23-3-4-24-16/h5-8H,3-4,9H2,1-2H3. The van der Waals surface area contributed by atoms with Gasteiger partial charge < -0.3 is 19.1 Å². The highest BCUT2D eigenvalue weighted by Gasteiger charge is 2.18. The Morgan fingerprint density at radius 3 is 2.72 bits per heavy atom. The van der Waals surface area contributed by atoms with Crippen LogP contribution in [0.25, 0.3) is 0 Å². The first-order chi connectivity index (χ1) is 11.9. The largest absolute Gasteiger partial charge is 0.486 e. The van der Waals surface area contributed by atoms with E-state index < -0.39 is 5.97 Å². The van der Waals surface area contributed by atoms with E-state index in [4.69, 9.17) is 37.4 Å². The molecular formula is C17H16Cl2N2O4. The third kappa shape index (κ3) is 4.08. The molecular weight excluding hydrogens is 367 g/mol. The second-order valence-electron chi connectivity index (χ2n) is 5.61. The number of benzene rings is 1. The number of esters is 1. The maximum atomic E-state index is 12.3. The predicted octanol–water partition coefficient (Wildman–Crippen LogP) is 3.58. The third-order valence-electron chi connectivity index (χ3n) is 3.50. The van der Waals surface area contributed by atoms with Gasteiger partial charge in [0.15, 0.2) is 11.5 Å². The minimum atomic E-state index is -0.501. The highest BCUT2D eigenvalue weighted by Crippen LogP contribution is 2.38. The Morgan fingerprint density at radius 2 is 1.96 bits per heavy atom. The molecule has 0 N–H and O–H groups in total. The van der Waals surface area contributed by atoms with Crippen molar-refractivity contribution in [3.63, 3.8) is 0 Å². The Bertz CT molecular complexity index is 811. The Hall–Kier alpha value is -2.18. The highest BCUT2D eigenvalue weighted by atomic mass is 35.5. The molecule has 2 heterocycles. The number of hydrogen-bond acceptors (Lipinski definition) is 6. The van der Waals surface area contributed by atoms with E-state index in [9.17, 15) is 4.79 Å². The van der Waals surface area contributed by atoms with Gasteiger partial charge in [0.05, 0.1) is 10.6 Å². The maximum Gasteiger partial charge on any atom is 0.338 e. The van der Waals surface area contributed by atoms with Crippen LogP contribution in [0, 0.1) is 0 Å². The summed E-state index contributed by atoms with van der Waals surface area (Å²) >= 11 is 12.1. The molecule has 0 radical (unpaired) electrons. The minimum Gasteiger partial charge on any atom is -0.486 e. The van der Waals surface area contributed by atoms with Crippen LogP contribution in [0.15, 0.2) is 24.3 Å². The van der Waals surface area contributed by atoms with Gasteiger partial charge in [-0.05, 0) is 29.8 Å². The van der Waals surface area contributed by atoms with Crippen molar-refractivity contribution in [2.75, 3.05) is 32.2 Å². The van der Waals surface area contributed by atoms with Crippen molar-refractivity contribution in [1.82, 2.24) is 4.98 Å². The van der Waals surface area contributed by atoms with E-state index in [1.807, 2.05) is 14.1 Å². The lowest BCUT2D eigenvalue weighted by atomic mass is 10.2. The first kappa shape index (κ1) is 17.6. The summed E-state index contributed by atoms with van der Waals surface area (Å²) in [6.45, 7) is 0.958. The number of carbonyl (C=O) groups is 1. The van der Waals surface area contributed by atoms with Crippen molar-refractivity contribution in [1.29, 1.82) is 0 Å². The molecule has 1 aromatic carbocycles. The predicted molar refractivity (Wildman–Crippen MR) is 95.1 cm³/mol. The number of nitrogens with zero attached hydrogens (tertiary/aromatic N) is 2. The van der Waals surface area contributed by atoms with Crippen LogP contribution in [0.3, 0.4) is 0 Å². The lowest BCUT2D eigenvalue weighted by molar-refractivity contribution is 0.0472. The van der Waals surface area contributed by atoms with Crippen molar-refractivity contribution >= 4 is 35.0 Å². The Balaban J connectivity index is 1.73. The molecule has 6 nitrogen and oxygen atoms in total. The quantitative estimate of drug-likeness (QED) is 0.594. The average Bonchev–Trinajstić information content (AvgIpc) is 2.59. The molecule has 1 aliphatic heterocycles. The Morgan fingerprint density at radius 1 is 1.20 bits per heavy atom. The molecule has 1 aliphatic rings. The van der Waals surface area contributed by atoms with Gasteiger partial charge in [0, 0.05) is 14.1 Å². The molecule has 0 atom stereocenters. The van der Waals surface area contributed by atoms with Gasteiger partial charge in [0.2, 0.25) is 0 Å². The van der Waals surface area contributed by atoms with E-state index in [1.54, 1.807) is 23.1 Å². The fourth-order valence-electron chi connectivity index (χ4n) is 2.31. The van der Waals surface area contributed by atoms with Crippen molar-refractivity contribution < 1.29 is 19.0 Å². The van der Waals surface area contributed by atoms with E-state index in [0.29, 0.717) is 46.7 Å². The summed E-state index contributed by atoms with van der Waals surface area (Å²) in [5.41, 5.74) is 1.03. The Kier molecular flexibility index (Phi) is 5.20. The summed E-state index contributed by atoms with van der Waals surface area (Å²) < 4.78 is 16.3. The summed E-state index contributed by atoms with van der Waals surface area (Å²) in [5.74, 6) is 1.13. The van der Waals surface area contributed by atoms with Crippen LogP contribution in [0.4, 0.5) is 5.82 Å². The SMILES string of the molecule is CN(C)c1cc(C(=O)OCc2cc(Cl)c3c(c2)OCCO3)cc(Cl)n1. The van der Waals surface area contributed by atoms with Crippen LogP contribution >= 0.6 is 23.2 Å². The molecule has 0 saturated carbocycles. The third-order valence-corrected chi connectivity index (χ3v) is 3.98. The molecule has 1 aromatic heterocycles. The zero-order valence-electron chi connectivity index (χ0n) is 13.7. The number of rotatable bonds is 4. The van der Waals surface area contributed by atoms with Crippen LogP contribution < -0.4 is 14.4 Å². The van der Waals surface area contributed by atoms with Crippen LogP contribution in [0.5, 0.6) is 11.5 Å². The summed E-state index contributed by atoms with van der Waals surface area (Å²) in [6, 6.07) is 6.52. The molecule has 25 heavy (non-hydrogen) atoms. The first-order valence-corrected chi connectivity index (χ1v) is 8.29. The van der Waals surface area contributed by atoms with Crippen LogP contribution in [0.1, 0.15) is 15.9 Å². The van der Waals surface area contributed by atoms with Gasteiger partial charge >= 0.3 is 5.97 Å². The van der Waals surface area contributed by atoms with Gasteiger partial charge in [-0.1, -0.05) is 23.2 Å². The monoisotopic (exact) mass is 382 g/mol. The normalized spacial score (nSPS) is 12.6. The molecule has 3 rings (SSSR count). The second-order valence-corrected chi connectivity index (χ2v) is 6.40. The lowest BCUT2D eigenvalue weighted by Gasteiger charge is -2.20. The van der Waals surface area contributed by atoms with Crippen molar-refractivity contribution in [3.8, 4) is 11.5 Å². The van der Waals surface area contributed by atoms with Gasteiger partial charge in [-0.15, -0.1) is 0 Å². The molecule has 0 aliphatic carbocycles. The first-order valence-electron chi connectivity index (χ1n) is 7.54. The molecule has 0 saturated heterocycles. The Labute approximate surface area is 155 Å². The van der Waals surface area contributed by atoms with Crippen molar-refractivity contribution in [3.05, 3.63) is 45.6 Å². The van der Waals surface area contributed by atoms with E-state index in [-0.39, 0.29) is 11.8 Å². The van der Waals surface area contributed by atoms with Crippen LogP contribution in [0.2, 0.25) is 10.2 Å². The van der Waals surface area contributed by atoms with Crippen LogP contribution in [-0.4, -0.2) is 38.3 Å². The molecule has 0 fully saturated rings. The summed E-state index contributed by atoms with van der Waals surface area (Å²) in [7, 11) is 3.62.